The van der Waals surface area contributed by atoms with Crippen LogP contribution in [0.5, 0.6) is 5.88 Å². The van der Waals surface area contributed by atoms with E-state index in [1.165, 1.54) is 6.33 Å². The third-order valence-electron chi connectivity index (χ3n) is 3.82. The molecule has 4 rings (SSSR count). The molecule has 8 heteroatoms. The monoisotopic (exact) mass is 348 g/mol. The van der Waals surface area contributed by atoms with Crippen LogP contribution in [-0.2, 0) is 6.54 Å². The summed E-state index contributed by atoms with van der Waals surface area (Å²) in [5.74, 6) is 1.67. The van der Waals surface area contributed by atoms with Gasteiger partial charge in [0.15, 0.2) is 5.82 Å². The zero-order chi connectivity index (χ0) is 17.9. The Balaban J connectivity index is 1.60. The predicted molar refractivity (Wildman–Crippen MR) is 93.4 cm³/mol. The van der Waals surface area contributed by atoms with E-state index in [0.29, 0.717) is 24.1 Å². The predicted octanol–water partition coefficient (Wildman–Crippen LogP) is 2.76. The Morgan fingerprint density at radius 1 is 1.08 bits per heavy atom. The Morgan fingerprint density at radius 2 is 1.92 bits per heavy atom. The van der Waals surface area contributed by atoms with Gasteiger partial charge in [-0.1, -0.05) is 23.4 Å². The van der Waals surface area contributed by atoms with Gasteiger partial charge < -0.3 is 9.26 Å². The number of hydrogen-bond donors (Lipinski definition) is 0. The molecule has 0 atom stereocenters. The Bertz CT molecular complexity index is 1040. The van der Waals surface area contributed by atoms with E-state index in [-0.39, 0.29) is 0 Å². The van der Waals surface area contributed by atoms with E-state index in [0.717, 1.165) is 22.5 Å². The van der Waals surface area contributed by atoms with Gasteiger partial charge in [-0.15, -0.1) is 0 Å². The van der Waals surface area contributed by atoms with Crippen LogP contribution in [0.4, 0.5) is 0 Å². The molecule has 3 heterocycles. The zero-order valence-electron chi connectivity index (χ0n) is 14.3. The molecular weight excluding hydrogens is 332 g/mol. The molecule has 0 aliphatic carbocycles. The van der Waals surface area contributed by atoms with Gasteiger partial charge in [-0.05, 0) is 12.1 Å². The second kappa shape index (κ2) is 6.75. The molecule has 8 nitrogen and oxygen atoms in total. The van der Waals surface area contributed by atoms with E-state index in [4.69, 9.17) is 9.26 Å². The molecule has 0 aliphatic rings. The lowest BCUT2D eigenvalue weighted by molar-refractivity contribution is 0.385. The van der Waals surface area contributed by atoms with E-state index in [1.54, 1.807) is 24.8 Å². The molecule has 0 fully saturated rings. The first-order valence-electron chi connectivity index (χ1n) is 8.01. The minimum atomic E-state index is 0.458. The summed E-state index contributed by atoms with van der Waals surface area (Å²) in [6.45, 7) is 2.22. The smallest absolute Gasteiger partial charge is 0.223 e. The summed E-state index contributed by atoms with van der Waals surface area (Å²) in [5.41, 5.74) is 3.60. The first kappa shape index (κ1) is 15.9. The fraction of sp³-hybridized carbons (Fsp3) is 0.167. The third-order valence-corrected chi connectivity index (χ3v) is 3.82. The van der Waals surface area contributed by atoms with Crippen molar-refractivity contribution in [2.45, 2.75) is 13.5 Å². The molecule has 26 heavy (non-hydrogen) atoms. The number of aromatic nitrogens is 6. The molecule has 0 bridgehead atoms. The topological polar surface area (TPSA) is 91.8 Å². The first-order chi connectivity index (χ1) is 12.7. The zero-order valence-corrected chi connectivity index (χ0v) is 14.3. The second-order valence-corrected chi connectivity index (χ2v) is 5.65. The number of benzene rings is 1. The van der Waals surface area contributed by atoms with Crippen LogP contribution in [-0.4, -0.2) is 37.0 Å². The summed E-state index contributed by atoms with van der Waals surface area (Å²) in [7, 11) is 1.58. The van der Waals surface area contributed by atoms with Crippen molar-refractivity contribution in [2.24, 2.45) is 0 Å². The highest BCUT2D eigenvalue weighted by Gasteiger charge is 2.09. The molecule has 0 amide bonds. The van der Waals surface area contributed by atoms with Crippen molar-refractivity contribution in [1.29, 1.82) is 0 Å². The van der Waals surface area contributed by atoms with Gasteiger partial charge in [0.1, 0.15) is 12.9 Å². The molecule has 0 saturated carbocycles. The van der Waals surface area contributed by atoms with Gasteiger partial charge in [-0.2, -0.15) is 10.1 Å². The lowest BCUT2D eigenvalue weighted by Crippen LogP contribution is -2.02. The van der Waals surface area contributed by atoms with Gasteiger partial charge in [0.2, 0.25) is 11.8 Å². The minimum Gasteiger partial charge on any atom is -0.481 e. The standard InChI is InChI=1S/C18H16N6O2/c1-12-21-17(23-26-12)10-24-7-6-15(22-24)13-4-3-5-14(8-13)16-9-18(25-2)20-11-19-16/h3-9,11H,10H2,1-2H3. The van der Waals surface area contributed by atoms with E-state index >= 15 is 0 Å². The molecule has 0 aliphatic heterocycles. The quantitative estimate of drug-likeness (QED) is 0.547. The molecule has 0 N–H and O–H groups in total. The van der Waals surface area contributed by atoms with Gasteiger partial charge in [0, 0.05) is 30.3 Å². The van der Waals surface area contributed by atoms with Crippen LogP contribution in [0.3, 0.4) is 0 Å². The van der Waals surface area contributed by atoms with Gasteiger partial charge in [-0.25, -0.2) is 9.97 Å². The van der Waals surface area contributed by atoms with Gasteiger partial charge >= 0.3 is 0 Å². The molecule has 0 unspecified atom stereocenters. The summed E-state index contributed by atoms with van der Waals surface area (Å²) in [6, 6.07) is 11.8. The van der Waals surface area contributed by atoms with Crippen molar-refractivity contribution < 1.29 is 9.26 Å². The van der Waals surface area contributed by atoms with Crippen molar-refractivity contribution in [3.8, 4) is 28.4 Å². The summed E-state index contributed by atoms with van der Waals surface area (Å²) < 4.78 is 11.9. The molecule has 4 aromatic rings. The number of nitrogens with zero attached hydrogens (tertiary/aromatic N) is 6. The van der Waals surface area contributed by atoms with Crippen molar-refractivity contribution in [2.75, 3.05) is 7.11 Å². The number of rotatable bonds is 5. The summed E-state index contributed by atoms with van der Waals surface area (Å²) in [5, 5.41) is 8.48. The lowest BCUT2D eigenvalue weighted by Gasteiger charge is -2.05. The van der Waals surface area contributed by atoms with Crippen LogP contribution >= 0.6 is 0 Å². The van der Waals surface area contributed by atoms with E-state index in [2.05, 4.69) is 25.2 Å². The highest BCUT2D eigenvalue weighted by Crippen LogP contribution is 2.25. The maximum absolute atomic E-state index is 5.17. The van der Waals surface area contributed by atoms with Crippen LogP contribution in [0.15, 0.2) is 53.4 Å². The first-order valence-corrected chi connectivity index (χ1v) is 8.01. The molecule has 0 radical (unpaired) electrons. The van der Waals surface area contributed by atoms with Crippen LogP contribution in [0.1, 0.15) is 11.7 Å². The van der Waals surface area contributed by atoms with E-state index in [9.17, 15) is 0 Å². The third kappa shape index (κ3) is 3.30. The Morgan fingerprint density at radius 3 is 2.69 bits per heavy atom. The molecule has 0 saturated heterocycles. The van der Waals surface area contributed by atoms with Crippen molar-refractivity contribution >= 4 is 0 Å². The number of hydrogen-bond acceptors (Lipinski definition) is 7. The van der Waals surface area contributed by atoms with Crippen LogP contribution < -0.4 is 4.74 Å². The lowest BCUT2D eigenvalue weighted by atomic mass is 10.1. The van der Waals surface area contributed by atoms with Gasteiger partial charge in [0.25, 0.3) is 0 Å². The number of aryl methyl sites for hydroxylation is 1. The summed E-state index contributed by atoms with van der Waals surface area (Å²) in [6.07, 6.45) is 3.38. The average Bonchev–Trinajstić information content (AvgIpc) is 3.31. The highest BCUT2D eigenvalue weighted by molar-refractivity contribution is 5.69. The maximum atomic E-state index is 5.17. The van der Waals surface area contributed by atoms with E-state index < -0.39 is 0 Å². The summed E-state index contributed by atoms with van der Waals surface area (Å²) >= 11 is 0. The number of ether oxygens (including phenoxy) is 1. The normalized spacial score (nSPS) is 10.8. The van der Waals surface area contributed by atoms with Gasteiger partial charge in [-0.3, -0.25) is 4.68 Å². The maximum Gasteiger partial charge on any atom is 0.223 e. The molecule has 130 valence electrons. The highest BCUT2D eigenvalue weighted by atomic mass is 16.5. The fourth-order valence-corrected chi connectivity index (χ4v) is 2.60. The molecule has 1 aromatic carbocycles. The molecule has 3 aromatic heterocycles. The van der Waals surface area contributed by atoms with Gasteiger partial charge in [0.05, 0.1) is 18.5 Å². The van der Waals surface area contributed by atoms with Crippen molar-refractivity contribution in [3.05, 3.63) is 60.6 Å². The fourth-order valence-electron chi connectivity index (χ4n) is 2.60. The molecular formula is C18H16N6O2. The minimum absolute atomic E-state index is 0.458. The number of methoxy groups -OCH3 is 1. The van der Waals surface area contributed by atoms with Crippen LogP contribution in [0.2, 0.25) is 0 Å². The second-order valence-electron chi connectivity index (χ2n) is 5.65. The average molecular weight is 348 g/mol. The van der Waals surface area contributed by atoms with Crippen molar-refractivity contribution in [1.82, 2.24) is 29.9 Å². The Kier molecular flexibility index (Phi) is 4.14. The van der Waals surface area contributed by atoms with Crippen molar-refractivity contribution in [3.63, 3.8) is 0 Å². The van der Waals surface area contributed by atoms with Crippen LogP contribution in [0.25, 0.3) is 22.5 Å². The Hall–Kier alpha value is -3.55. The SMILES string of the molecule is COc1cc(-c2cccc(-c3ccn(Cc4noc(C)n4)n3)c2)ncn1. The van der Waals surface area contributed by atoms with Crippen LogP contribution in [0, 0.1) is 6.92 Å². The largest absolute Gasteiger partial charge is 0.481 e. The van der Waals surface area contributed by atoms with E-state index in [1.807, 2.05) is 36.5 Å². The Labute approximate surface area is 149 Å². The molecule has 0 spiro atoms. The summed E-state index contributed by atoms with van der Waals surface area (Å²) in [4.78, 5) is 12.5.